The van der Waals surface area contributed by atoms with E-state index in [2.05, 4.69) is 313 Å². The van der Waals surface area contributed by atoms with Crippen LogP contribution in [0.1, 0.15) is 0 Å². The maximum atomic E-state index is 2.46. The Kier molecular flexibility index (Phi) is 11.2. The van der Waals surface area contributed by atoms with E-state index in [-0.39, 0.29) is 0 Å². The number of para-hydroxylation sites is 2. The van der Waals surface area contributed by atoms with Gasteiger partial charge in [-0.25, -0.2) is 0 Å². The topological polar surface area (TPSA) is 8.17 Å². The fourth-order valence-corrected chi connectivity index (χ4v) is 11.4. The van der Waals surface area contributed by atoms with Gasteiger partial charge in [0.1, 0.15) is 0 Å². The summed E-state index contributed by atoms with van der Waals surface area (Å²) in [7, 11) is 0. The molecule has 0 unspecified atom stereocenters. The molecule has 0 aliphatic rings. The summed E-state index contributed by atoms with van der Waals surface area (Å²) in [4.78, 5) is 2.46. The molecule has 0 atom stereocenters. The van der Waals surface area contributed by atoms with Crippen molar-refractivity contribution in [1.29, 1.82) is 0 Å². The average molecular weight is 967 g/mol. The molecule has 2 nitrogen and oxygen atoms in total. The van der Waals surface area contributed by atoms with E-state index in [1.165, 1.54) is 99.0 Å². The summed E-state index contributed by atoms with van der Waals surface area (Å²) < 4.78 is 2.45. The van der Waals surface area contributed by atoms with Gasteiger partial charge < -0.3 is 9.47 Å². The van der Waals surface area contributed by atoms with Gasteiger partial charge in [0.15, 0.2) is 0 Å². The van der Waals surface area contributed by atoms with Crippen LogP contribution in [0.4, 0.5) is 17.1 Å². The minimum Gasteiger partial charge on any atom is -0.309 e. The molecular formula is C74H50N2. The zero-order valence-corrected chi connectivity index (χ0v) is 41.8. The van der Waals surface area contributed by atoms with Gasteiger partial charge in [-0.15, -0.1) is 0 Å². The van der Waals surface area contributed by atoms with Gasteiger partial charge in [0, 0.05) is 32.8 Å². The summed E-state index contributed by atoms with van der Waals surface area (Å²) in [6.45, 7) is 0. The van der Waals surface area contributed by atoms with Crippen molar-refractivity contribution in [2.24, 2.45) is 0 Å². The molecule has 2 heteroatoms. The molecule has 1 heterocycles. The van der Waals surface area contributed by atoms with Gasteiger partial charge >= 0.3 is 0 Å². The quantitative estimate of drug-likeness (QED) is 0.133. The Bertz CT molecular complexity index is 4230. The van der Waals surface area contributed by atoms with E-state index in [1.807, 2.05) is 0 Å². The van der Waals surface area contributed by atoms with Crippen molar-refractivity contribution in [3.8, 4) is 72.4 Å². The Morgan fingerprint density at radius 2 is 0.592 bits per heavy atom. The number of nitrogens with zero attached hydrogens (tertiary/aromatic N) is 2. The van der Waals surface area contributed by atoms with E-state index in [0.29, 0.717) is 0 Å². The van der Waals surface area contributed by atoms with Gasteiger partial charge in [-0.2, -0.15) is 0 Å². The van der Waals surface area contributed by atoms with E-state index in [0.717, 1.165) is 33.9 Å². The monoisotopic (exact) mass is 966 g/mol. The highest BCUT2D eigenvalue weighted by Gasteiger charge is 2.22. The zero-order valence-electron chi connectivity index (χ0n) is 41.8. The van der Waals surface area contributed by atoms with Crippen molar-refractivity contribution in [2.45, 2.75) is 0 Å². The van der Waals surface area contributed by atoms with Gasteiger partial charge in [0.25, 0.3) is 0 Å². The van der Waals surface area contributed by atoms with Crippen molar-refractivity contribution in [2.75, 3.05) is 4.90 Å². The third-order valence-corrected chi connectivity index (χ3v) is 15.2. The van der Waals surface area contributed by atoms with Gasteiger partial charge in [-0.05, 0) is 127 Å². The normalized spacial score (nSPS) is 11.4. The number of rotatable bonds is 10. The van der Waals surface area contributed by atoms with E-state index >= 15 is 0 Å². The number of hydrogen-bond acceptors (Lipinski definition) is 1. The van der Waals surface area contributed by atoms with Crippen LogP contribution >= 0.6 is 0 Å². The molecule has 356 valence electrons. The Morgan fingerprint density at radius 1 is 0.211 bits per heavy atom. The lowest BCUT2D eigenvalue weighted by molar-refractivity contribution is 1.18. The fourth-order valence-electron chi connectivity index (χ4n) is 11.4. The Labute approximate surface area is 443 Å². The zero-order chi connectivity index (χ0) is 50.4. The molecule has 14 rings (SSSR count). The van der Waals surface area contributed by atoms with Crippen molar-refractivity contribution in [3.63, 3.8) is 0 Å². The third kappa shape index (κ3) is 8.10. The maximum absolute atomic E-state index is 2.46. The van der Waals surface area contributed by atoms with Crippen LogP contribution in [0, 0.1) is 0 Å². The lowest BCUT2D eigenvalue weighted by Gasteiger charge is -2.30. The first-order valence-corrected chi connectivity index (χ1v) is 26.1. The SMILES string of the molecule is c1ccc(-c2ccc(-c3cc(-c4ccc(-c5ccccc5)cc4)cc(-n4c5ccccc5c5cc(-c6ccc(-c7ccccc7N(c7cccc8ccccc78)c7cccc8ccccc78)cc6)ccc54)c3)cc2)cc1. The van der Waals surface area contributed by atoms with Crippen LogP contribution in [0.5, 0.6) is 0 Å². The summed E-state index contributed by atoms with van der Waals surface area (Å²) in [6.07, 6.45) is 0. The molecule has 0 aliphatic carbocycles. The van der Waals surface area contributed by atoms with Crippen molar-refractivity contribution in [3.05, 3.63) is 303 Å². The Hall–Kier alpha value is -10.0. The molecule has 0 saturated heterocycles. The third-order valence-electron chi connectivity index (χ3n) is 15.2. The summed E-state index contributed by atoms with van der Waals surface area (Å²) in [5.41, 5.74) is 21.0. The molecule has 0 aliphatic heterocycles. The molecule has 0 amide bonds. The van der Waals surface area contributed by atoms with E-state index in [1.54, 1.807) is 0 Å². The highest BCUT2D eigenvalue weighted by molar-refractivity contribution is 6.11. The van der Waals surface area contributed by atoms with E-state index in [9.17, 15) is 0 Å². The van der Waals surface area contributed by atoms with Crippen LogP contribution < -0.4 is 4.90 Å². The summed E-state index contributed by atoms with van der Waals surface area (Å²) in [6, 6.07) is 111. The highest BCUT2D eigenvalue weighted by Crippen LogP contribution is 2.46. The molecule has 76 heavy (non-hydrogen) atoms. The first-order chi connectivity index (χ1) is 37.7. The molecule has 14 aromatic rings. The molecule has 0 bridgehead atoms. The first kappa shape index (κ1) is 44.7. The molecule has 0 radical (unpaired) electrons. The Morgan fingerprint density at radius 3 is 1.16 bits per heavy atom. The summed E-state index contributed by atoms with van der Waals surface area (Å²) in [5.74, 6) is 0. The minimum atomic E-state index is 1.12. The van der Waals surface area contributed by atoms with Crippen LogP contribution in [-0.2, 0) is 0 Å². The van der Waals surface area contributed by atoms with Crippen molar-refractivity contribution < 1.29 is 0 Å². The largest absolute Gasteiger partial charge is 0.309 e. The van der Waals surface area contributed by atoms with Crippen LogP contribution in [0.2, 0.25) is 0 Å². The van der Waals surface area contributed by atoms with E-state index < -0.39 is 0 Å². The predicted molar refractivity (Wildman–Crippen MR) is 323 cm³/mol. The lowest BCUT2D eigenvalue weighted by Crippen LogP contribution is -2.12. The van der Waals surface area contributed by atoms with Gasteiger partial charge in [-0.1, -0.05) is 249 Å². The van der Waals surface area contributed by atoms with Crippen LogP contribution in [0.15, 0.2) is 303 Å². The van der Waals surface area contributed by atoms with Gasteiger partial charge in [0.05, 0.1) is 28.1 Å². The standard InChI is InChI=1S/C74H50N2/c1-3-17-51(18-4-1)53-33-37-56(38-34-53)62-47-63(57-39-35-54(36-40-57)52-19-5-2-6-20-52)49-64(48-62)75-73-30-14-12-28-68(73)69-50-61(45-46-74(69)75)55-41-43-60(44-42-55)67-27-11-13-29-70(67)76(71-31-15-23-58-21-7-9-25-65(58)71)72-32-16-24-59-22-8-10-26-66(59)72/h1-50H. The predicted octanol–water partition coefficient (Wildman–Crippen LogP) is 20.6. The van der Waals surface area contributed by atoms with E-state index in [4.69, 9.17) is 0 Å². The number of hydrogen-bond donors (Lipinski definition) is 0. The highest BCUT2D eigenvalue weighted by atomic mass is 15.1. The number of aromatic nitrogens is 1. The second kappa shape index (κ2) is 19.1. The lowest BCUT2D eigenvalue weighted by atomic mass is 9.95. The van der Waals surface area contributed by atoms with Crippen molar-refractivity contribution in [1.82, 2.24) is 4.57 Å². The van der Waals surface area contributed by atoms with Crippen LogP contribution in [0.25, 0.3) is 116 Å². The fraction of sp³-hybridized carbons (Fsp3) is 0. The molecule has 0 saturated carbocycles. The van der Waals surface area contributed by atoms with Crippen LogP contribution in [0.3, 0.4) is 0 Å². The van der Waals surface area contributed by atoms with Crippen LogP contribution in [-0.4, -0.2) is 4.57 Å². The molecular weight excluding hydrogens is 917 g/mol. The number of anilines is 3. The van der Waals surface area contributed by atoms with Crippen molar-refractivity contribution >= 4 is 60.4 Å². The average Bonchev–Trinajstić information content (AvgIpc) is 3.85. The molecule has 13 aromatic carbocycles. The minimum absolute atomic E-state index is 1.12. The second-order valence-electron chi connectivity index (χ2n) is 19.7. The summed E-state index contributed by atoms with van der Waals surface area (Å²) in [5, 5.41) is 7.26. The number of fused-ring (bicyclic) bond motifs is 5. The second-order valence-corrected chi connectivity index (χ2v) is 19.7. The Balaban J connectivity index is 0.863. The first-order valence-electron chi connectivity index (χ1n) is 26.1. The maximum Gasteiger partial charge on any atom is 0.0541 e. The van der Waals surface area contributed by atoms with Gasteiger partial charge in [-0.3, -0.25) is 0 Å². The van der Waals surface area contributed by atoms with Gasteiger partial charge in [0.2, 0.25) is 0 Å². The summed E-state index contributed by atoms with van der Waals surface area (Å²) >= 11 is 0. The smallest absolute Gasteiger partial charge is 0.0541 e. The molecule has 0 spiro atoms. The molecule has 0 fully saturated rings. The number of benzene rings is 13. The molecule has 1 aromatic heterocycles. The molecule has 0 N–H and O–H groups in total.